The number of anilines is 1. The molecule has 0 atom stereocenters. The van der Waals surface area contributed by atoms with Gasteiger partial charge in [-0.05, 0) is 59.1 Å². The molecule has 0 saturated heterocycles. The molecule has 2 nitrogen and oxygen atoms in total. The van der Waals surface area contributed by atoms with Crippen molar-refractivity contribution in [2.45, 2.75) is 13.8 Å². The molecule has 0 spiro atoms. The second-order valence-corrected chi connectivity index (χ2v) is 6.34. The van der Waals surface area contributed by atoms with Crippen molar-refractivity contribution in [1.29, 1.82) is 0 Å². The van der Waals surface area contributed by atoms with E-state index < -0.39 is 0 Å². The molecule has 0 bridgehead atoms. The molecule has 17 heavy (non-hydrogen) atoms. The van der Waals surface area contributed by atoms with E-state index in [9.17, 15) is 4.79 Å². The van der Waals surface area contributed by atoms with Crippen molar-refractivity contribution in [1.82, 2.24) is 0 Å². The Bertz CT molecular complexity index is 562. The van der Waals surface area contributed by atoms with E-state index in [1.54, 1.807) is 0 Å². The summed E-state index contributed by atoms with van der Waals surface area (Å²) >= 11 is 4.78. The highest BCUT2D eigenvalue weighted by Crippen LogP contribution is 2.24. The third-order valence-electron chi connectivity index (χ3n) is 2.44. The zero-order valence-electron chi connectivity index (χ0n) is 9.58. The Kier molecular flexibility index (Phi) is 3.64. The van der Waals surface area contributed by atoms with Crippen molar-refractivity contribution >= 4 is 38.9 Å². The molecular formula is C13H12BrNOS. The average Bonchev–Trinajstić information content (AvgIpc) is 2.70. The molecule has 2 aromatic rings. The van der Waals surface area contributed by atoms with Gasteiger partial charge >= 0.3 is 0 Å². The molecule has 4 heteroatoms. The van der Waals surface area contributed by atoms with Crippen LogP contribution in [-0.2, 0) is 0 Å². The number of carbonyl (C=O) groups excluding carboxylic acids is 1. The highest BCUT2D eigenvalue weighted by molar-refractivity contribution is 9.11. The number of hydrogen-bond donors (Lipinski definition) is 1. The van der Waals surface area contributed by atoms with Crippen molar-refractivity contribution in [3.63, 3.8) is 0 Å². The minimum absolute atomic E-state index is 0.0607. The topological polar surface area (TPSA) is 29.1 Å². The lowest BCUT2D eigenvalue weighted by Crippen LogP contribution is -2.11. The number of aryl methyl sites for hydroxylation is 2. The van der Waals surface area contributed by atoms with Gasteiger partial charge in [0.25, 0.3) is 5.91 Å². The smallest absolute Gasteiger partial charge is 0.265 e. The maximum Gasteiger partial charge on any atom is 0.265 e. The molecule has 0 aliphatic heterocycles. The van der Waals surface area contributed by atoms with E-state index in [1.165, 1.54) is 11.3 Å². The van der Waals surface area contributed by atoms with Gasteiger partial charge in [0.15, 0.2) is 0 Å². The van der Waals surface area contributed by atoms with Crippen molar-refractivity contribution in [2.24, 2.45) is 0 Å². The molecule has 1 aromatic carbocycles. The number of nitrogens with one attached hydrogen (secondary N) is 1. The molecule has 1 N–H and O–H groups in total. The summed E-state index contributed by atoms with van der Waals surface area (Å²) in [7, 11) is 0. The third kappa shape index (κ3) is 2.96. The van der Waals surface area contributed by atoms with Crippen molar-refractivity contribution in [2.75, 3.05) is 5.32 Å². The number of thiophene rings is 1. The van der Waals surface area contributed by atoms with Crippen LogP contribution in [0, 0.1) is 13.8 Å². The zero-order valence-corrected chi connectivity index (χ0v) is 12.0. The van der Waals surface area contributed by atoms with Crippen LogP contribution in [0.1, 0.15) is 20.8 Å². The molecule has 2 rings (SSSR count). The summed E-state index contributed by atoms with van der Waals surface area (Å²) in [6, 6.07) is 9.72. The fourth-order valence-corrected chi connectivity index (χ4v) is 2.77. The molecule has 1 amide bonds. The second kappa shape index (κ2) is 5.02. The lowest BCUT2D eigenvalue weighted by molar-refractivity contribution is 0.103. The van der Waals surface area contributed by atoms with E-state index in [4.69, 9.17) is 0 Å². The molecule has 0 aliphatic rings. The molecule has 0 aliphatic carbocycles. The number of hydrogen-bond acceptors (Lipinski definition) is 2. The van der Waals surface area contributed by atoms with E-state index in [2.05, 4.69) is 21.2 Å². The Morgan fingerprint density at radius 1 is 1.24 bits per heavy atom. The van der Waals surface area contributed by atoms with E-state index in [1.807, 2.05) is 44.2 Å². The van der Waals surface area contributed by atoms with E-state index in [0.29, 0.717) is 4.88 Å². The summed E-state index contributed by atoms with van der Waals surface area (Å²) in [5.41, 5.74) is 3.08. The molecule has 0 saturated carbocycles. The van der Waals surface area contributed by atoms with Crippen LogP contribution in [-0.4, -0.2) is 5.91 Å². The first-order valence-electron chi connectivity index (χ1n) is 5.20. The van der Waals surface area contributed by atoms with Crippen molar-refractivity contribution in [3.05, 3.63) is 50.1 Å². The second-order valence-electron chi connectivity index (χ2n) is 3.88. The Hall–Kier alpha value is -1.13. The number of rotatable bonds is 2. The van der Waals surface area contributed by atoms with Crippen LogP contribution in [0.4, 0.5) is 5.69 Å². The van der Waals surface area contributed by atoms with Gasteiger partial charge in [-0.15, -0.1) is 11.3 Å². The Morgan fingerprint density at radius 3 is 2.65 bits per heavy atom. The normalized spacial score (nSPS) is 10.3. The molecular weight excluding hydrogens is 298 g/mol. The van der Waals surface area contributed by atoms with Gasteiger partial charge in [0.05, 0.1) is 8.66 Å². The summed E-state index contributed by atoms with van der Waals surface area (Å²) in [6.07, 6.45) is 0. The first kappa shape index (κ1) is 12.3. The van der Waals surface area contributed by atoms with Gasteiger partial charge in [0.1, 0.15) is 0 Å². The van der Waals surface area contributed by atoms with Crippen LogP contribution in [0.15, 0.2) is 34.1 Å². The molecule has 1 aromatic heterocycles. The van der Waals surface area contributed by atoms with Crippen LogP contribution < -0.4 is 5.32 Å². The Labute approximate surface area is 113 Å². The SMILES string of the molecule is Cc1ccc(C)c(NC(=O)c2ccc(Br)s2)c1. The predicted octanol–water partition coefficient (Wildman–Crippen LogP) is 4.38. The van der Waals surface area contributed by atoms with Gasteiger partial charge in [-0.3, -0.25) is 4.79 Å². The zero-order chi connectivity index (χ0) is 12.4. The predicted molar refractivity (Wildman–Crippen MR) is 75.9 cm³/mol. The largest absolute Gasteiger partial charge is 0.321 e. The number of benzene rings is 1. The summed E-state index contributed by atoms with van der Waals surface area (Å²) in [5.74, 6) is -0.0607. The lowest BCUT2D eigenvalue weighted by Gasteiger charge is -2.08. The van der Waals surface area contributed by atoms with E-state index in [-0.39, 0.29) is 5.91 Å². The fourth-order valence-electron chi connectivity index (χ4n) is 1.49. The van der Waals surface area contributed by atoms with Crippen molar-refractivity contribution < 1.29 is 4.79 Å². The first-order valence-corrected chi connectivity index (χ1v) is 6.81. The van der Waals surface area contributed by atoms with E-state index >= 15 is 0 Å². The number of halogens is 1. The third-order valence-corrected chi connectivity index (χ3v) is 4.06. The molecule has 0 radical (unpaired) electrons. The summed E-state index contributed by atoms with van der Waals surface area (Å²) in [6.45, 7) is 4.00. The monoisotopic (exact) mass is 309 g/mol. The van der Waals surface area contributed by atoms with Crippen LogP contribution >= 0.6 is 27.3 Å². The minimum atomic E-state index is -0.0607. The Balaban J connectivity index is 2.21. The van der Waals surface area contributed by atoms with Gasteiger partial charge in [0.2, 0.25) is 0 Å². The molecule has 0 fully saturated rings. The minimum Gasteiger partial charge on any atom is -0.321 e. The Morgan fingerprint density at radius 2 is 2.00 bits per heavy atom. The van der Waals surface area contributed by atoms with Crippen molar-refractivity contribution in [3.8, 4) is 0 Å². The quantitative estimate of drug-likeness (QED) is 0.876. The van der Waals surface area contributed by atoms with Gasteiger partial charge < -0.3 is 5.32 Å². The van der Waals surface area contributed by atoms with Crippen LogP contribution in [0.25, 0.3) is 0 Å². The highest BCUT2D eigenvalue weighted by atomic mass is 79.9. The van der Waals surface area contributed by atoms with Gasteiger partial charge in [-0.1, -0.05) is 12.1 Å². The van der Waals surface area contributed by atoms with Crippen LogP contribution in [0.2, 0.25) is 0 Å². The van der Waals surface area contributed by atoms with Crippen LogP contribution in [0.5, 0.6) is 0 Å². The van der Waals surface area contributed by atoms with Gasteiger partial charge in [0, 0.05) is 5.69 Å². The lowest BCUT2D eigenvalue weighted by atomic mass is 10.1. The summed E-state index contributed by atoms with van der Waals surface area (Å²) in [5, 5.41) is 2.93. The van der Waals surface area contributed by atoms with E-state index in [0.717, 1.165) is 20.6 Å². The average molecular weight is 310 g/mol. The maximum atomic E-state index is 12.0. The van der Waals surface area contributed by atoms with Crippen LogP contribution in [0.3, 0.4) is 0 Å². The summed E-state index contributed by atoms with van der Waals surface area (Å²) < 4.78 is 0.962. The van der Waals surface area contributed by atoms with Gasteiger partial charge in [-0.25, -0.2) is 0 Å². The molecule has 0 unspecified atom stereocenters. The first-order chi connectivity index (χ1) is 8.06. The number of amides is 1. The molecule has 88 valence electrons. The van der Waals surface area contributed by atoms with Gasteiger partial charge in [-0.2, -0.15) is 0 Å². The maximum absolute atomic E-state index is 12.0. The fraction of sp³-hybridized carbons (Fsp3) is 0.154. The highest BCUT2D eigenvalue weighted by Gasteiger charge is 2.09. The molecule has 1 heterocycles. The number of carbonyl (C=O) groups is 1. The summed E-state index contributed by atoms with van der Waals surface area (Å²) in [4.78, 5) is 12.7. The standard InChI is InChI=1S/C13H12BrNOS/c1-8-3-4-9(2)10(7-8)15-13(16)11-5-6-12(14)17-11/h3-7H,1-2H3,(H,15,16).